The number of likely N-dealkylation sites (tertiary alicyclic amines) is 1. The van der Waals surface area contributed by atoms with E-state index in [0.717, 1.165) is 18.4 Å². The van der Waals surface area contributed by atoms with Gasteiger partial charge in [0.15, 0.2) is 0 Å². The summed E-state index contributed by atoms with van der Waals surface area (Å²) in [6, 6.07) is 16.1. The first-order valence-electron chi connectivity index (χ1n) is 8.67. The summed E-state index contributed by atoms with van der Waals surface area (Å²) in [6.07, 6.45) is 0.462. The lowest BCUT2D eigenvalue weighted by Crippen LogP contribution is -2.42. The van der Waals surface area contributed by atoms with Crippen LogP contribution in [-0.4, -0.2) is 41.2 Å². The van der Waals surface area contributed by atoms with Gasteiger partial charge in [-0.05, 0) is 36.6 Å². The van der Waals surface area contributed by atoms with Crippen LogP contribution in [0.4, 0.5) is 10.5 Å². The summed E-state index contributed by atoms with van der Waals surface area (Å²) in [4.78, 5) is 26.2. The highest BCUT2D eigenvalue weighted by Gasteiger charge is 2.23. The summed E-state index contributed by atoms with van der Waals surface area (Å²) >= 11 is 0. The summed E-state index contributed by atoms with van der Waals surface area (Å²) in [7, 11) is 0. The highest BCUT2D eigenvalue weighted by molar-refractivity contribution is 5.96. The molecule has 2 aromatic rings. The minimum absolute atomic E-state index is 0.148. The Labute approximate surface area is 152 Å². The average molecular weight is 354 g/mol. The van der Waals surface area contributed by atoms with Gasteiger partial charge in [0, 0.05) is 24.3 Å². The fraction of sp³-hybridized carbons (Fsp3) is 0.300. The molecule has 2 amide bonds. The molecule has 1 unspecified atom stereocenters. The van der Waals surface area contributed by atoms with E-state index in [1.54, 1.807) is 29.2 Å². The number of β-amino-alcohol motifs (C(OH)–C–C–N with tert-alkyl or cyclic N) is 1. The van der Waals surface area contributed by atoms with Crippen LogP contribution in [0.5, 0.6) is 0 Å². The van der Waals surface area contributed by atoms with E-state index in [2.05, 4.69) is 5.32 Å². The van der Waals surface area contributed by atoms with Crippen molar-refractivity contribution in [3.63, 3.8) is 0 Å². The van der Waals surface area contributed by atoms with Gasteiger partial charge in [-0.15, -0.1) is 0 Å². The maximum Gasteiger partial charge on any atom is 0.411 e. The molecule has 136 valence electrons. The second kappa shape index (κ2) is 8.49. The van der Waals surface area contributed by atoms with Crippen LogP contribution in [0, 0.1) is 0 Å². The summed E-state index contributed by atoms with van der Waals surface area (Å²) in [5, 5.41) is 12.4. The van der Waals surface area contributed by atoms with Crippen molar-refractivity contribution in [2.75, 3.05) is 18.4 Å². The zero-order valence-electron chi connectivity index (χ0n) is 14.4. The van der Waals surface area contributed by atoms with Crippen molar-refractivity contribution in [1.29, 1.82) is 0 Å². The third kappa shape index (κ3) is 4.83. The Hall–Kier alpha value is -2.86. The van der Waals surface area contributed by atoms with E-state index < -0.39 is 12.2 Å². The first-order chi connectivity index (χ1) is 12.6. The molecule has 6 nitrogen and oxygen atoms in total. The number of hydrogen-bond donors (Lipinski definition) is 2. The summed E-state index contributed by atoms with van der Waals surface area (Å²) in [5.41, 5.74) is 1.86. The maximum absolute atomic E-state index is 12.6. The zero-order chi connectivity index (χ0) is 18.4. The minimum Gasteiger partial charge on any atom is -0.444 e. The largest absolute Gasteiger partial charge is 0.444 e. The summed E-state index contributed by atoms with van der Waals surface area (Å²) in [6.45, 7) is 1.15. The number of anilines is 1. The number of nitrogens with one attached hydrogen (secondary N) is 1. The van der Waals surface area contributed by atoms with E-state index in [4.69, 9.17) is 4.74 Å². The third-order valence-electron chi connectivity index (χ3n) is 4.25. The molecular weight excluding hydrogens is 332 g/mol. The maximum atomic E-state index is 12.6. The molecular formula is C20H22N2O4. The summed E-state index contributed by atoms with van der Waals surface area (Å²) in [5.74, 6) is -0.148. The highest BCUT2D eigenvalue weighted by Crippen LogP contribution is 2.17. The Bertz CT molecular complexity index is 763. The predicted molar refractivity (Wildman–Crippen MR) is 97.8 cm³/mol. The van der Waals surface area contributed by atoms with E-state index in [9.17, 15) is 14.7 Å². The van der Waals surface area contributed by atoms with Crippen molar-refractivity contribution < 1.29 is 19.4 Å². The first kappa shape index (κ1) is 17.9. The number of aliphatic hydroxyl groups is 1. The van der Waals surface area contributed by atoms with Crippen molar-refractivity contribution >= 4 is 17.7 Å². The molecule has 0 bridgehead atoms. The highest BCUT2D eigenvalue weighted by atomic mass is 16.5. The number of carbonyl (C=O) groups is 2. The first-order valence-corrected chi connectivity index (χ1v) is 8.67. The molecule has 26 heavy (non-hydrogen) atoms. The van der Waals surface area contributed by atoms with Crippen molar-refractivity contribution in [2.24, 2.45) is 0 Å². The SMILES string of the molecule is O=C(Nc1cccc(C(=O)N2CCCC(O)C2)c1)OCc1ccccc1. The van der Waals surface area contributed by atoms with E-state index in [1.807, 2.05) is 30.3 Å². The molecule has 2 N–H and O–H groups in total. The third-order valence-corrected chi connectivity index (χ3v) is 4.25. The number of ether oxygens (including phenoxy) is 1. The molecule has 0 aromatic heterocycles. The van der Waals surface area contributed by atoms with E-state index in [-0.39, 0.29) is 12.5 Å². The van der Waals surface area contributed by atoms with Gasteiger partial charge in [-0.2, -0.15) is 0 Å². The number of amides is 2. The predicted octanol–water partition coefficient (Wildman–Crippen LogP) is 3.03. The Balaban J connectivity index is 1.58. The van der Waals surface area contributed by atoms with Crippen LogP contribution < -0.4 is 5.32 Å². The lowest BCUT2D eigenvalue weighted by Gasteiger charge is -2.30. The molecule has 1 aliphatic rings. The van der Waals surface area contributed by atoms with Gasteiger partial charge in [0.05, 0.1) is 6.10 Å². The minimum atomic E-state index is -0.577. The smallest absolute Gasteiger partial charge is 0.411 e. The van der Waals surface area contributed by atoms with E-state index in [1.165, 1.54) is 0 Å². The molecule has 6 heteroatoms. The van der Waals surface area contributed by atoms with Crippen LogP contribution >= 0.6 is 0 Å². The Kier molecular flexibility index (Phi) is 5.86. The Morgan fingerprint density at radius 2 is 1.96 bits per heavy atom. The number of carbonyl (C=O) groups excluding carboxylic acids is 2. The molecule has 1 heterocycles. The molecule has 1 fully saturated rings. The lowest BCUT2D eigenvalue weighted by molar-refractivity contribution is 0.0474. The molecule has 2 aromatic carbocycles. The van der Waals surface area contributed by atoms with Crippen LogP contribution in [0.3, 0.4) is 0 Å². The van der Waals surface area contributed by atoms with Crippen LogP contribution in [0.1, 0.15) is 28.8 Å². The monoisotopic (exact) mass is 354 g/mol. The topological polar surface area (TPSA) is 78.9 Å². The van der Waals surface area contributed by atoms with Crippen molar-refractivity contribution in [3.05, 3.63) is 65.7 Å². The van der Waals surface area contributed by atoms with Crippen LogP contribution in [0.2, 0.25) is 0 Å². The number of nitrogens with zero attached hydrogens (tertiary/aromatic N) is 1. The Morgan fingerprint density at radius 1 is 1.15 bits per heavy atom. The number of aliphatic hydroxyl groups excluding tert-OH is 1. The lowest BCUT2D eigenvalue weighted by atomic mass is 10.1. The molecule has 0 spiro atoms. The van der Waals surface area contributed by atoms with Gasteiger partial charge in [-0.25, -0.2) is 4.79 Å². The quantitative estimate of drug-likeness (QED) is 0.885. The Morgan fingerprint density at radius 3 is 2.73 bits per heavy atom. The number of rotatable bonds is 4. The van der Waals surface area contributed by atoms with Crippen LogP contribution in [0.15, 0.2) is 54.6 Å². The van der Waals surface area contributed by atoms with Crippen molar-refractivity contribution in [1.82, 2.24) is 4.90 Å². The van der Waals surface area contributed by atoms with Gasteiger partial charge in [0.2, 0.25) is 0 Å². The van der Waals surface area contributed by atoms with Crippen molar-refractivity contribution in [3.8, 4) is 0 Å². The number of hydrogen-bond acceptors (Lipinski definition) is 4. The second-order valence-electron chi connectivity index (χ2n) is 6.31. The fourth-order valence-corrected chi connectivity index (χ4v) is 2.93. The number of piperidine rings is 1. The van der Waals surface area contributed by atoms with Crippen molar-refractivity contribution in [2.45, 2.75) is 25.6 Å². The molecule has 1 aliphatic heterocycles. The van der Waals surface area contributed by atoms with Crippen LogP contribution in [-0.2, 0) is 11.3 Å². The van der Waals surface area contributed by atoms with Gasteiger partial charge >= 0.3 is 6.09 Å². The second-order valence-corrected chi connectivity index (χ2v) is 6.31. The van der Waals surface area contributed by atoms with E-state index in [0.29, 0.717) is 24.3 Å². The van der Waals surface area contributed by atoms with Gasteiger partial charge in [-0.3, -0.25) is 10.1 Å². The fourth-order valence-electron chi connectivity index (χ4n) is 2.93. The van der Waals surface area contributed by atoms with Gasteiger partial charge in [-0.1, -0.05) is 36.4 Å². The molecule has 0 radical (unpaired) electrons. The molecule has 0 saturated carbocycles. The molecule has 3 rings (SSSR count). The number of benzene rings is 2. The molecule has 0 aliphatic carbocycles. The normalized spacial score (nSPS) is 16.8. The van der Waals surface area contributed by atoms with Gasteiger partial charge < -0.3 is 14.7 Å². The standard InChI is InChI=1S/C20H22N2O4/c23-18-10-5-11-22(13-18)19(24)16-8-4-9-17(12-16)21-20(25)26-14-15-6-2-1-3-7-15/h1-4,6-9,12,18,23H,5,10-11,13-14H2,(H,21,25). The van der Waals surface area contributed by atoms with Gasteiger partial charge in [0.1, 0.15) is 6.61 Å². The zero-order valence-corrected chi connectivity index (χ0v) is 14.4. The van der Waals surface area contributed by atoms with Gasteiger partial charge in [0.25, 0.3) is 5.91 Å². The van der Waals surface area contributed by atoms with E-state index >= 15 is 0 Å². The average Bonchev–Trinajstić information content (AvgIpc) is 2.67. The van der Waals surface area contributed by atoms with Crippen LogP contribution in [0.25, 0.3) is 0 Å². The molecule has 1 atom stereocenters. The summed E-state index contributed by atoms with van der Waals surface area (Å²) < 4.78 is 5.18. The molecule has 1 saturated heterocycles.